The van der Waals surface area contributed by atoms with Crippen LogP contribution < -0.4 is 0 Å². The van der Waals surface area contributed by atoms with Crippen molar-refractivity contribution >= 4 is 29.0 Å². The SMILES string of the molecule is CC.CC(=O)O/N=C(\c1ccc(-c2ccc([N+](=O)[O-])cc2)cc1)C(C)/C(C)=N/OC(C)=O. The summed E-state index contributed by atoms with van der Waals surface area (Å²) in [6.45, 7) is 9.94. The minimum atomic E-state index is -0.572. The van der Waals surface area contributed by atoms with E-state index in [9.17, 15) is 19.7 Å². The Morgan fingerprint density at radius 1 is 0.844 bits per heavy atom. The molecule has 0 bridgehead atoms. The molecule has 0 saturated carbocycles. The Morgan fingerprint density at radius 2 is 1.28 bits per heavy atom. The number of carbonyl (C=O) groups excluding carboxylic acids is 2. The van der Waals surface area contributed by atoms with Crippen molar-refractivity contribution in [2.24, 2.45) is 16.2 Å². The highest BCUT2D eigenvalue weighted by atomic mass is 16.7. The van der Waals surface area contributed by atoms with Gasteiger partial charge >= 0.3 is 11.9 Å². The van der Waals surface area contributed by atoms with Crippen LogP contribution in [0.5, 0.6) is 0 Å². The maximum Gasteiger partial charge on any atom is 0.331 e. The Kier molecular flexibility index (Phi) is 10.4. The quantitative estimate of drug-likeness (QED) is 0.254. The number of nitrogens with zero attached hydrogens (tertiary/aromatic N) is 3. The summed E-state index contributed by atoms with van der Waals surface area (Å²) in [7, 11) is 0. The molecule has 1 unspecified atom stereocenters. The summed E-state index contributed by atoms with van der Waals surface area (Å²) in [6, 6.07) is 13.4. The second-order valence-corrected chi connectivity index (χ2v) is 6.48. The minimum Gasteiger partial charge on any atom is -0.319 e. The summed E-state index contributed by atoms with van der Waals surface area (Å²) >= 11 is 0. The average Bonchev–Trinajstić information content (AvgIpc) is 2.79. The van der Waals surface area contributed by atoms with E-state index in [4.69, 9.17) is 4.84 Å². The lowest BCUT2D eigenvalue weighted by Gasteiger charge is -2.14. The maximum absolute atomic E-state index is 11.2. The lowest BCUT2D eigenvalue weighted by atomic mass is 9.93. The molecule has 9 nitrogen and oxygen atoms in total. The van der Waals surface area contributed by atoms with E-state index in [0.717, 1.165) is 11.1 Å². The molecule has 0 N–H and O–H groups in total. The van der Waals surface area contributed by atoms with E-state index in [-0.39, 0.29) is 5.69 Å². The summed E-state index contributed by atoms with van der Waals surface area (Å²) in [5.41, 5.74) is 3.24. The van der Waals surface area contributed by atoms with Gasteiger partial charge in [-0.05, 0) is 30.2 Å². The number of carbonyl (C=O) groups is 2. The zero-order valence-electron chi connectivity index (χ0n) is 19.0. The van der Waals surface area contributed by atoms with E-state index in [1.54, 1.807) is 38.1 Å². The fraction of sp³-hybridized carbons (Fsp3) is 0.304. The molecule has 2 rings (SSSR count). The normalized spacial score (nSPS) is 12.2. The van der Waals surface area contributed by atoms with E-state index in [1.807, 2.05) is 26.0 Å². The lowest BCUT2D eigenvalue weighted by Crippen LogP contribution is -2.21. The summed E-state index contributed by atoms with van der Waals surface area (Å²) in [4.78, 5) is 42.1. The van der Waals surface area contributed by atoms with E-state index < -0.39 is 22.8 Å². The first kappa shape index (κ1) is 26.2. The molecular formula is C23H27N3O6. The first-order chi connectivity index (χ1) is 15.2. The molecule has 1 atom stereocenters. The Bertz CT molecular complexity index is 995. The smallest absolute Gasteiger partial charge is 0.319 e. The Hall–Kier alpha value is -3.88. The highest BCUT2D eigenvalue weighted by Crippen LogP contribution is 2.24. The molecule has 0 amide bonds. The highest BCUT2D eigenvalue weighted by Gasteiger charge is 2.19. The van der Waals surface area contributed by atoms with Gasteiger partial charge < -0.3 is 9.68 Å². The summed E-state index contributed by atoms with van der Waals surface area (Å²) in [6.07, 6.45) is 0. The van der Waals surface area contributed by atoms with E-state index in [0.29, 0.717) is 17.0 Å². The molecule has 2 aromatic carbocycles. The molecule has 170 valence electrons. The molecule has 0 fully saturated rings. The third-order valence-corrected chi connectivity index (χ3v) is 4.22. The van der Waals surface area contributed by atoms with Crippen molar-refractivity contribution in [3.05, 3.63) is 64.2 Å². The summed E-state index contributed by atoms with van der Waals surface area (Å²) in [5, 5.41) is 18.5. The van der Waals surface area contributed by atoms with Crippen molar-refractivity contribution < 1.29 is 24.2 Å². The molecule has 0 saturated heterocycles. The van der Waals surface area contributed by atoms with Crippen LogP contribution in [-0.2, 0) is 19.3 Å². The zero-order chi connectivity index (χ0) is 24.3. The number of oxime groups is 2. The van der Waals surface area contributed by atoms with Gasteiger partial charge in [-0.2, -0.15) is 0 Å². The van der Waals surface area contributed by atoms with Crippen LogP contribution in [0.25, 0.3) is 11.1 Å². The van der Waals surface area contributed by atoms with Crippen molar-refractivity contribution in [1.29, 1.82) is 0 Å². The number of nitro benzene ring substituents is 1. The van der Waals surface area contributed by atoms with Crippen LogP contribution in [0.1, 0.15) is 47.1 Å². The van der Waals surface area contributed by atoms with E-state index in [1.165, 1.54) is 26.0 Å². The van der Waals surface area contributed by atoms with Gasteiger partial charge in [0.2, 0.25) is 0 Å². The van der Waals surface area contributed by atoms with Gasteiger partial charge in [0, 0.05) is 37.5 Å². The van der Waals surface area contributed by atoms with Crippen LogP contribution in [0.4, 0.5) is 5.69 Å². The molecular weight excluding hydrogens is 414 g/mol. The second kappa shape index (κ2) is 12.7. The van der Waals surface area contributed by atoms with Gasteiger partial charge in [0.1, 0.15) is 0 Å². The van der Waals surface area contributed by atoms with Gasteiger partial charge in [0.05, 0.1) is 16.3 Å². The molecule has 0 radical (unpaired) electrons. The van der Waals surface area contributed by atoms with Crippen LogP contribution in [0.3, 0.4) is 0 Å². The summed E-state index contributed by atoms with van der Waals surface area (Å²) in [5.74, 6) is -1.53. The lowest BCUT2D eigenvalue weighted by molar-refractivity contribution is -0.384. The van der Waals surface area contributed by atoms with Crippen LogP contribution in [0.15, 0.2) is 58.8 Å². The van der Waals surface area contributed by atoms with E-state index >= 15 is 0 Å². The summed E-state index contributed by atoms with van der Waals surface area (Å²) < 4.78 is 0. The number of hydrogen-bond acceptors (Lipinski definition) is 8. The largest absolute Gasteiger partial charge is 0.331 e. The van der Waals surface area contributed by atoms with Gasteiger partial charge in [0.15, 0.2) is 0 Å². The molecule has 32 heavy (non-hydrogen) atoms. The number of nitro groups is 1. The molecule has 0 heterocycles. The van der Waals surface area contributed by atoms with Crippen LogP contribution >= 0.6 is 0 Å². The number of rotatable bonds is 7. The van der Waals surface area contributed by atoms with Gasteiger partial charge in [-0.1, -0.05) is 55.3 Å². The highest BCUT2D eigenvalue weighted by molar-refractivity contribution is 6.14. The van der Waals surface area contributed by atoms with Crippen LogP contribution in [-0.4, -0.2) is 28.3 Å². The van der Waals surface area contributed by atoms with Gasteiger partial charge in [-0.15, -0.1) is 0 Å². The number of non-ortho nitro benzene ring substituents is 1. The Labute approximate surface area is 186 Å². The molecule has 0 aromatic heterocycles. The van der Waals surface area contributed by atoms with Crippen molar-refractivity contribution in [3.8, 4) is 11.1 Å². The van der Waals surface area contributed by atoms with Gasteiger partial charge in [-0.25, -0.2) is 9.59 Å². The molecule has 2 aromatic rings. The Balaban J connectivity index is 0.00000249. The van der Waals surface area contributed by atoms with Crippen LogP contribution in [0, 0.1) is 16.0 Å². The van der Waals surface area contributed by atoms with Crippen molar-refractivity contribution in [2.75, 3.05) is 0 Å². The molecule has 0 spiro atoms. The van der Waals surface area contributed by atoms with Crippen molar-refractivity contribution in [1.82, 2.24) is 0 Å². The first-order valence-electron chi connectivity index (χ1n) is 10.0. The zero-order valence-corrected chi connectivity index (χ0v) is 19.0. The molecule has 0 aliphatic rings. The topological polar surface area (TPSA) is 120 Å². The predicted octanol–water partition coefficient (Wildman–Crippen LogP) is 5.13. The van der Waals surface area contributed by atoms with Crippen molar-refractivity contribution in [3.63, 3.8) is 0 Å². The maximum atomic E-state index is 11.2. The third kappa shape index (κ3) is 7.75. The van der Waals surface area contributed by atoms with Gasteiger partial charge in [0.25, 0.3) is 5.69 Å². The standard InChI is InChI=1S/C21H21N3O6.C2H6/c1-13(14(2)22-29-15(3)25)21(23-30-16(4)26)19-7-5-17(6-8-19)18-9-11-20(12-10-18)24(27)28;1-2/h5-13H,1-4H3;1-2H3/b22-14+,23-21-;. The van der Waals surface area contributed by atoms with E-state index in [2.05, 4.69) is 15.1 Å². The molecule has 9 heteroatoms. The minimum absolute atomic E-state index is 0.0162. The average molecular weight is 441 g/mol. The number of benzene rings is 2. The molecule has 0 aliphatic carbocycles. The van der Waals surface area contributed by atoms with Gasteiger partial charge in [-0.3, -0.25) is 10.1 Å². The first-order valence-corrected chi connectivity index (χ1v) is 10.0. The fourth-order valence-electron chi connectivity index (χ4n) is 2.52. The Morgan fingerprint density at radius 3 is 1.72 bits per heavy atom. The molecule has 0 aliphatic heterocycles. The number of hydrogen-bond donors (Lipinski definition) is 0. The monoisotopic (exact) mass is 441 g/mol. The van der Waals surface area contributed by atoms with Crippen LogP contribution in [0.2, 0.25) is 0 Å². The van der Waals surface area contributed by atoms with Crippen molar-refractivity contribution in [2.45, 2.75) is 41.5 Å². The third-order valence-electron chi connectivity index (χ3n) is 4.22. The predicted molar refractivity (Wildman–Crippen MR) is 122 cm³/mol. The second-order valence-electron chi connectivity index (χ2n) is 6.48. The fourth-order valence-corrected chi connectivity index (χ4v) is 2.52.